The van der Waals surface area contributed by atoms with Gasteiger partial charge in [0.15, 0.2) is 0 Å². The van der Waals surface area contributed by atoms with Crippen LogP contribution in [0.5, 0.6) is 0 Å². The monoisotopic (exact) mass is 332 g/mol. The summed E-state index contributed by atoms with van der Waals surface area (Å²) in [6, 6.07) is 3.23. The van der Waals surface area contributed by atoms with Crippen LogP contribution in [0.25, 0.3) is 0 Å². The van der Waals surface area contributed by atoms with Gasteiger partial charge in [0.25, 0.3) is 0 Å². The van der Waals surface area contributed by atoms with Gasteiger partial charge in [0.1, 0.15) is 17.5 Å². The molecular formula is C14H15ClF2N2O3. The Hall–Kier alpha value is -1.89. The van der Waals surface area contributed by atoms with Crippen LogP contribution in [0, 0.1) is 5.82 Å². The van der Waals surface area contributed by atoms with E-state index < -0.39 is 29.5 Å². The van der Waals surface area contributed by atoms with Crippen molar-refractivity contribution in [3.8, 4) is 0 Å². The lowest BCUT2D eigenvalue weighted by atomic mass is 10.0. The number of carbonyl (C=O) groups is 2. The molecule has 0 radical (unpaired) electrons. The van der Waals surface area contributed by atoms with Crippen LogP contribution in [-0.4, -0.2) is 40.3 Å². The summed E-state index contributed by atoms with van der Waals surface area (Å²) in [5.74, 6) is -1.32. The molecule has 0 aromatic heterocycles. The number of benzene rings is 1. The van der Waals surface area contributed by atoms with Gasteiger partial charge in [0, 0.05) is 18.5 Å². The Labute approximate surface area is 130 Å². The summed E-state index contributed by atoms with van der Waals surface area (Å²) in [5.41, 5.74) is -1.59. The largest absolute Gasteiger partial charge is 0.465 e. The molecule has 0 aliphatic carbocycles. The zero-order valence-electron chi connectivity index (χ0n) is 11.8. The number of carboxylic acid groups (broad SMARTS) is 1. The Bertz CT molecular complexity index is 610. The Balaban J connectivity index is 2.05. The minimum absolute atomic E-state index is 0.0730. The van der Waals surface area contributed by atoms with Gasteiger partial charge in [-0.3, -0.25) is 9.69 Å². The molecule has 2 rings (SSSR count). The Morgan fingerprint density at radius 3 is 2.86 bits per heavy atom. The molecule has 1 fully saturated rings. The third kappa shape index (κ3) is 3.47. The van der Waals surface area contributed by atoms with E-state index >= 15 is 0 Å². The topological polar surface area (TPSA) is 69.6 Å². The highest BCUT2D eigenvalue weighted by molar-refractivity contribution is 6.30. The summed E-state index contributed by atoms with van der Waals surface area (Å²) in [6.45, 7) is 0.719. The van der Waals surface area contributed by atoms with Crippen LogP contribution in [0.3, 0.4) is 0 Å². The molecule has 1 saturated heterocycles. The molecule has 1 heterocycles. The van der Waals surface area contributed by atoms with Crippen LogP contribution in [-0.2, 0) is 11.3 Å². The lowest BCUT2D eigenvalue weighted by molar-refractivity contribution is -0.125. The number of alkyl halides is 1. The normalized spacial score (nSPS) is 24.4. The molecule has 1 aromatic carbocycles. The lowest BCUT2D eigenvalue weighted by Crippen LogP contribution is -2.45. The highest BCUT2D eigenvalue weighted by atomic mass is 35.5. The molecular weight excluding hydrogens is 318 g/mol. The van der Waals surface area contributed by atoms with E-state index in [4.69, 9.17) is 16.7 Å². The van der Waals surface area contributed by atoms with Gasteiger partial charge < -0.3 is 10.4 Å². The zero-order chi connectivity index (χ0) is 16.5. The van der Waals surface area contributed by atoms with E-state index in [9.17, 15) is 18.4 Å². The Kier molecular flexibility index (Phi) is 4.55. The fourth-order valence-corrected chi connectivity index (χ4v) is 2.66. The molecule has 1 aliphatic heterocycles. The fourth-order valence-electron chi connectivity index (χ4n) is 2.46. The van der Waals surface area contributed by atoms with Gasteiger partial charge in [-0.2, -0.15) is 0 Å². The van der Waals surface area contributed by atoms with Gasteiger partial charge in [-0.25, -0.2) is 13.6 Å². The molecule has 22 heavy (non-hydrogen) atoms. The second-order valence-corrected chi connectivity index (χ2v) is 5.88. The van der Waals surface area contributed by atoms with Crippen molar-refractivity contribution in [2.24, 2.45) is 0 Å². The van der Waals surface area contributed by atoms with E-state index in [1.54, 1.807) is 0 Å². The molecule has 2 amide bonds. The number of nitrogens with zero attached hydrogens (tertiary/aromatic N) is 1. The number of amides is 2. The lowest BCUT2D eigenvalue weighted by Gasteiger charge is -2.20. The summed E-state index contributed by atoms with van der Waals surface area (Å²) in [7, 11) is 0. The second kappa shape index (κ2) is 6.08. The number of likely N-dealkylation sites (tertiary alicyclic amines) is 1. The van der Waals surface area contributed by atoms with Gasteiger partial charge in [0.2, 0.25) is 5.91 Å². The first-order valence-corrected chi connectivity index (χ1v) is 6.98. The van der Waals surface area contributed by atoms with Gasteiger partial charge in [-0.05, 0) is 13.0 Å². The quantitative estimate of drug-likeness (QED) is 0.893. The van der Waals surface area contributed by atoms with Crippen LogP contribution in [0.15, 0.2) is 18.2 Å². The fraction of sp³-hybridized carbons (Fsp3) is 0.429. The van der Waals surface area contributed by atoms with Crippen molar-refractivity contribution >= 4 is 23.6 Å². The first kappa shape index (κ1) is 16.5. The number of rotatable bonds is 3. The molecule has 8 heteroatoms. The van der Waals surface area contributed by atoms with E-state index in [0.717, 1.165) is 4.90 Å². The van der Waals surface area contributed by atoms with E-state index in [2.05, 4.69) is 5.32 Å². The van der Waals surface area contributed by atoms with Crippen molar-refractivity contribution in [3.63, 3.8) is 0 Å². The predicted molar refractivity (Wildman–Crippen MR) is 75.9 cm³/mol. The smallest absolute Gasteiger partial charge is 0.408 e. The van der Waals surface area contributed by atoms with Crippen LogP contribution in [0.2, 0.25) is 5.02 Å². The summed E-state index contributed by atoms with van der Waals surface area (Å²) in [5, 5.41) is 11.4. The molecule has 2 atom stereocenters. The van der Waals surface area contributed by atoms with Crippen molar-refractivity contribution in [3.05, 3.63) is 34.6 Å². The van der Waals surface area contributed by atoms with Crippen LogP contribution in [0.4, 0.5) is 13.6 Å². The van der Waals surface area contributed by atoms with Crippen molar-refractivity contribution in [2.45, 2.75) is 31.6 Å². The molecule has 0 bridgehead atoms. The van der Waals surface area contributed by atoms with Gasteiger partial charge >= 0.3 is 6.09 Å². The SMILES string of the molecule is CC1(F)CC(C(=O)NCc2cccc(Cl)c2F)N(C(=O)O)C1. The summed E-state index contributed by atoms with van der Waals surface area (Å²) in [6.07, 6.45) is -1.60. The van der Waals surface area contributed by atoms with Crippen molar-refractivity contribution < 1.29 is 23.5 Å². The molecule has 5 nitrogen and oxygen atoms in total. The highest BCUT2D eigenvalue weighted by Crippen LogP contribution is 2.30. The number of halogens is 3. The van der Waals surface area contributed by atoms with Gasteiger partial charge in [-0.15, -0.1) is 0 Å². The summed E-state index contributed by atoms with van der Waals surface area (Å²) in [4.78, 5) is 23.9. The molecule has 1 aromatic rings. The molecule has 120 valence electrons. The molecule has 1 aliphatic rings. The summed E-state index contributed by atoms with van der Waals surface area (Å²) >= 11 is 5.64. The van der Waals surface area contributed by atoms with E-state index in [1.807, 2.05) is 0 Å². The molecule has 0 spiro atoms. The third-order valence-corrected chi connectivity index (χ3v) is 3.82. The number of nitrogens with one attached hydrogen (secondary N) is 1. The minimum Gasteiger partial charge on any atom is -0.465 e. The standard InChI is InChI=1S/C14H15ClF2N2O3/c1-14(17)5-10(19(7-14)13(21)22)12(20)18-6-8-3-2-4-9(15)11(8)16/h2-4,10H,5-7H2,1H3,(H,18,20)(H,21,22). The molecule has 2 N–H and O–H groups in total. The zero-order valence-corrected chi connectivity index (χ0v) is 12.5. The minimum atomic E-state index is -1.76. The van der Waals surface area contributed by atoms with Crippen LogP contribution in [0.1, 0.15) is 18.9 Å². The van der Waals surface area contributed by atoms with Gasteiger partial charge in [0.05, 0.1) is 11.6 Å². The van der Waals surface area contributed by atoms with Crippen molar-refractivity contribution in [1.82, 2.24) is 10.2 Å². The van der Waals surface area contributed by atoms with Gasteiger partial charge in [-0.1, -0.05) is 23.7 Å². The highest BCUT2D eigenvalue weighted by Gasteiger charge is 2.46. The second-order valence-electron chi connectivity index (χ2n) is 5.47. The van der Waals surface area contributed by atoms with Crippen LogP contribution < -0.4 is 5.32 Å². The number of hydrogen-bond donors (Lipinski definition) is 2. The Morgan fingerprint density at radius 2 is 2.23 bits per heavy atom. The van der Waals surface area contributed by atoms with Crippen molar-refractivity contribution in [2.75, 3.05) is 6.54 Å². The van der Waals surface area contributed by atoms with E-state index in [0.29, 0.717) is 0 Å². The molecule has 0 saturated carbocycles. The summed E-state index contributed by atoms with van der Waals surface area (Å²) < 4.78 is 27.7. The first-order chi connectivity index (χ1) is 10.2. The third-order valence-electron chi connectivity index (χ3n) is 3.53. The maximum atomic E-state index is 13.9. The maximum Gasteiger partial charge on any atom is 0.408 e. The Morgan fingerprint density at radius 1 is 1.55 bits per heavy atom. The number of hydrogen-bond acceptors (Lipinski definition) is 2. The number of carbonyl (C=O) groups excluding carboxylic acids is 1. The maximum absolute atomic E-state index is 13.9. The van der Waals surface area contributed by atoms with E-state index in [1.165, 1.54) is 25.1 Å². The van der Waals surface area contributed by atoms with Crippen molar-refractivity contribution in [1.29, 1.82) is 0 Å². The predicted octanol–water partition coefficient (Wildman–Crippen LogP) is 2.58. The first-order valence-electron chi connectivity index (χ1n) is 6.60. The average Bonchev–Trinajstić information content (AvgIpc) is 2.76. The average molecular weight is 333 g/mol. The van der Waals surface area contributed by atoms with Crippen LogP contribution >= 0.6 is 11.6 Å². The van der Waals surface area contributed by atoms with E-state index in [-0.39, 0.29) is 30.1 Å². The molecule has 2 unspecified atom stereocenters.